The van der Waals surface area contributed by atoms with Crippen molar-refractivity contribution in [2.24, 2.45) is 0 Å². The molecular formula is C11H15ClN2O3. The van der Waals surface area contributed by atoms with E-state index in [1.165, 1.54) is 19.3 Å². The first-order chi connectivity index (χ1) is 8.00. The number of amides is 1. The van der Waals surface area contributed by atoms with Crippen molar-refractivity contribution < 1.29 is 15.0 Å². The van der Waals surface area contributed by atoms with Crippen molar-refractivity contribution in [3.8, 4) is 0 Å². The third kappa shape index (κ3) is 4.68. The Balaban J connectivity index is 2.51. The smallest absolute Gasteiger partial charge is 0.216 e. The average Bonchev–Trinajstić information content (AvgIpc) is 2.27. The van der Waals surface area contributed by atoms with Gasteiger partial charge in [0.25, 0.3) is 0 Å². The number of hydrogen-bond donors (Lipinski definition) is 3. The van der Waals surface area contributed by atoms with E-state index in [0.717, 1.165) is 0 Å². The molecule has 6 heteroatoms. The lowest BCUT2D eigenvalue weighted by Crippen LogP contribution is -2.27. The van der Waals surface area contributed by atoms with Gasteiger partial charge in [-0.1, -0.05) is 11.6 Å². The molecule has 17 heavy (non-hydrogen) atoms. The maximum atomic E-state index is 10.6. The van der Waals surface area contributed by atoms with E-state index in [-0.39, 0.29) is 12.3 Å². The van der Waals surface area contributed by atoms with E-state index >= 15 is 0 Å². The van der Waals surface area contributed by atoms with Gasteiger partial charge in [0.1, 0.15) is 6.10 Å². The average molecular weight is 259 g/mol. The topological polar surface area (TPSA) is 82.5 Å². The Labute approximate surface area is 104 Å². The Hall–Kier alpha value is -1.17. The van der Waals surface area contributed by atoms with Gasteiger partial charge in [-0.2, -0.15) is 0 Å². The maximum Gasteiger partial charge on any atom is 0.216 e. The lowest BCUT2D eigenvalue weighted by molar-refractivity contribution is -0.119. The van der Waals surface area contributed by atoms with E-state index in [4.69, 9.17) is 11.6 Å². The van der Waals surface area contributed by atoms with E-state index in [2.05, 4.69) is 10.3 Å². The number of carbonyl (C=O) groups is 1. The number of aromatic nitrogens is 1. The van der Waals surface area contributed by atoms with E-state index < -0.39 is 12.2 Å². The monoisotopic (exact) mass is 258 g/mol. The fraction of sp³-hybridized carbons (Fsp3) is 0.455. The van der Waals surface area contributed by atoms with Crippen molar-refractivity contribution in [2.45, 2.75) is 25.6 Å². The molecule has 0 spiro atoms. The van der Waals surface area contributed by atoms with E-state index in [0.29, 0.717) is 17.1 Å². The molecule has 1 amide bonds. The Kier molecular flexibility index (Phi) is 5.34. The van der Waals surface area contributed by atoms with Gasteiger partial charge in [-0.15, -0.1) is 0 Å². The van der Waals surface area contributed by atoms with Crippen LogP contribution in [0, 0.1) is 0 Å². The van der Waals surface area contributed by atoms with Crippen molar-refractivity contribution in [3.63, 3.8) is 0 Å². The van der Waals surface area contributed by atoms with Gasteiger partial charge in [0, 0.05) is 31.4 Å². The number of carbonyl (C=O) groups excluding carboxylic acids is 1. The molecule has 0 aliphatic heterocycles. The molecule has 1 aromatic heterocycles. The first-order valence-electron chi connectivity index (χ1n) is 5.21. The number of hydrogen-bond acceptors (Lipinski definition) is 4. The van der Waals surface area contributed by atoms with E-state index in [1.54, 1.807) is 6.07 Å². The second-order valence-electron chi connectivity index (χ2n) is 3.72. The number of aliphatic hydroxyl groups excluding tert-OH is 2. The summed E-state index contributed by atoms with van der Waals surface area (Å²) in [4.78, 5) is 14.5. The molecule has 0 fully saturated rings. The molecule has 0 aromatic carbocycles. The fourth-order valence-corrected chi connectivity index (χ4v) is 1.55. The van der Waals surface area contributed by atoms with Crippen LogP contribution < -0.4 is 5.32 Å². The normalized spacial score (nSPS) is 14.1. The molecule has 1 rings (SSSR count). The van der Waals surface area contributed by atoms with Gasteiger partial charge in [-0.3, -0.25) is 9.78 Å². The molecule has 2 unspecified atom stereocenters. The molecule has 3 N–H and O–H groups in total. The standard InChI is InChI=1S/C11H15ClN2O3/c1-7(15)14-3-2-10(16)11(17)8-4-9(12)6-13-5-8/h4-6,10-11,16-17H,2-3H2,1H3,(H,14,15). The molecule has 0 aliphatic carbocycles. The van der Waals surface area contributed by atoms with Gasteiger partial charge in [0.15, 0.2) is 0 Å². The van der Waals surface area contributed by atoms with Crippen molar-refractivity contribution >= 4 is 17.5 Å². The molecule has 0 radical (unpaired) electrons. The van der Waals surface area contributed by atoms with E-state index in [1.807, 2.05) is 0 Å². The van der Waals surface area contributed by atoms with Gasteiger partial charge in [0.2, 0.25) is 5.91 Å². The maximum absolute atomic E-state index is 10.6. The first-order valence-corrected chi connectivity index (χ1v) is 5.59. The summed E-state index contributed by atoms with van der Waals surface area (Å²) in [5.74, 6) is -0.170. The first kappa shape index (κ1) is 13.9. The van der Waals surface area contributed by atoms with Gasteiger partial charge >= 0.3 is 0 Å². The van der Waals surface area contributed by atoms with Crippen LogP contribution in [0.15, 0.2) is 18.5 Å². The molecule has 0 bridgehead atoms. The van der Waals surface area contributed by atoms with Crippen LogP contribution in [-0.2, 0) is 4.79 Å². The predicted octanol–water partition coefficient (Wildman–Crippen LogP) is 0.655. The summed E-state index contributed by atoms with van der Waals surface area (Å²) in [6.45, 7) is 1.70. The molecule has 94 valence electrons. The zero-order chi connectivity index (χ0) is 12.8. The Morgan fingerprint density at radius 3 is 2.82 bits per heavy atom. The highest BCUT2D eigenvalue weighted by Crippen LogP contribution is 2.20. The SMILES string of the molecule is CC(=O)NCCC(O)C(O)c1cncc(Cl)c1. The quantitative estimate of drug-likeness (QED) is 0.724. The molecule has 0 saturated carbocycles. The van der Waals surface area contributed by atoms with Crippen LogP contribution in [0.25, 0.3) is 0 Å². The molecule has 0 saturated heterocycles. The number of aliphatic hydroxyl groups is 2. The van der Waals surface area contributed by atoms with Crippen LogP contribution in [0.3, 0.4) is 0 Å². The minimum atomic E-state index is -1.06. The zero-order valence-corrected chi connectivity index (χ0v) is 10.2. The summed E-state index contributed by atoms with van der Waals surface area (Å²) >= 11 is 5.73. The highest BCUT2D eigenvalue weighted by molar-refractivity contribution is 6.30. The van der Waals surface area contributed by atoms with Crippen molar-refractivity contribution in [1.29, 1.82) is 0 Å². The van der Waals surface area contributed by atoms with Crippen LogP contribution in [0.5, 0.6) is 0 Å². The summed E-state index contributed by atoms with van der Waals surface area (Å²) in [7, 11) is 0. The lowest BCUT2D eigenvalue weighted by atomic mass is 10.0. The van der Waals surface area contributed by atoms with Gasteiger partial charge in [-0.25, -0.2) is 0 Å². The van der Waals surface area contributed by atoms with Gasteiger partial charge in [0.05, 0.1) is 11.1 Å². The summed E-state index contributed by atoms with van der Waals surface area (Å²) in [5, 5.41) is 22.5. The van der Waals surface area contributed by atoms with Crippen LogP contribution in [0.1, 0.15) is 25.0 Å². The molecule has 5 nitrogen and oxygen atoms in total. The number of rotatable bonds is 5. The molecule has 1 aromatic rings. The van der Waals surface area contributed by atoms with Crippen molar-refractivity contribution in [2.75, 3.05) is 6.54 Å². The summed E-state index contributed by atoms with van der Waals surface area (Å²) in [6, 6.07) is 1.54. The minimum absolute atomic E-state index is 0.170. The Morgan fingerprint density at radius 1 is 1.53 bits per heavy atom. The number of nitrogens with zero attached hydrogens (tertiary/aromatic N) is 1. The lowest BCUT2D eigenvalue weighted by Gasteiger charge is -2.18. The number of nitrogens with one attached hydrogen (secondary N) is 1. The summed E-state index contributed by atoms with van der Waals surface area (Å²) in [6.07, 6.45) is 1.12. The van der Waals surface area contributed by atoms with Crippen molar-refractivity contribution in [1.82, 2.24) is 10.3 Å². The Morgan fingerprint density at radius 2 is 2.24 bits per heavy atom. The summed E-state index contributed by atoms with van der Waals surface area (Å²) < 4.78 is 0. The number of halogens is 1. The zero-order valence-electron chi connectivity index (χ0n) is 9.43. The highest BCUT2D eigenvalue weighted by Gasteiger charge is 2.18. The molecular weight excluding hydrogens is 244 g/mol. The highest BCUT2D eigenvalue weighted by atomic mass is 35.5. The molecule has 0 aliphatic rings. The third-order valence-corrected chi connectivity index (χ3v) is 2.45. The van der Waals surface area contributed by atoms with Crippen LogP contribution in [-0.4, -0.2) is 33.8 Å². The van der Waals surface area contributed by atoms with Crippen LogP contribution >= 0.6 is 11.6 Å². The molecule has 1 heterocycles. The fourth-order valence-electron chi connectivity index (χ4n) is 1.37. The van der Waals surface area contributed by atoms with Crippen molar-refractivity contribution in [3.05, 3.63) is 29.0 Å². The largest absolute Gasteiger partial charge is 0.390 e. The molecule has 2 atom stereocenters. The van der Waals surface area contributed by atoms with E-state index in [9.17, 15) is 15.0 Å². The van der Waals surface area contributed by atoms with Crippen LogP contribution in [0.2, 0.25) is 5.02 Å². The second-order valence-corrected chi connectivity index (χ2v) is 4.16. The summed E-state index contributed by atoms with van der Waals surface area (Å²) in [5.41, 5.74) is 0.452. The third-order valence-electron chi connectivity index (χ3n) is 2.25. The number of pyridine rings is 1. The van der Waals surface area contributed by atoms with Gasteiger partial charge < -0.3 is 15.5 Å². The van der Waals surface area contributed by atoms with Crippen LogP contribution in [0.4, 0.5) is 0 Å². The predicted molar refractivity (Wildman–Crippen MR) is 63.5 cm³/mol. The Bertz CT molecular complexity index is 387. The van der Waals surface area contributed by atoms with Gasteiger partial charge in [-0.05, 0) is 12.5 Å². The second kappa shape index (κ2) is 6.54. The minimum Gasteiger partial charge on any atom is -0.390 e.